The van der Waals surface area contributed by atoms with Gasteiger partial charge in [-0.1, -0.05) is 24.3 Å². The molecule has 1 aliphatic heterocycles. The highest BCUT2D eigenvalue weighted by atomic mass is 32.1. The van der Waals surface area contributed by atoms with Crippen LogP contribution in [0, 0.1) is 4.77 Å². The van der Waals surface area contributed by atoms with Crippen LogP contribution in [0.3, 0.4) is 0 Å². The Labute approximate surface area is 180 Å². The van der Waals surface area contributed by atoms with Gasteiger partial charge in [0.2, 0.25) is 5.91 Å². The van der Waals surface area contributed by atoms with Crippen molar-refractivity contribution in [1.29, 1.82) is 0 Å². The average Bonchev–Trinajstić information content (AvgIpc) is 3.21. The number of ether oxygens (including phenoxy) is 1. The summed E-state index contributed by atoms with van der Waals surface area (Å²) < 4.78 is 7.15. The zero-order valence-corrected chi connectivity index (χ0v) is 17.8. The monoisotopic (exact) mass is 423 g/mol. The minimum Gasteiger partial charge on any atom is -0.497 e. The van der Waals surface area contributed by atoms with E-state index in [2.05, 4.69) is 11.1 Å². The van der Waals surface area contributed by atoms with Gasteiger partial charge in [-0.15, -0.1) is 0 Å². The van der Waals surface area contributed by atoms with Crippen LogP contribution in [0.2, 0.25) is 0 Å². The number of hydrogen-bond donors (Lipinski definition) is 1. The van der Waals surface area contributed by atoms with E-state index in [0.29, 0.717) is 15.7 Å². The van der Waals surface area contributed by atoms with Crippen LogP contribution >= 0.6 is 12.2 Å². The number of aromatic amines is 1. The van der Waals surface area contributed by atoms with Crippen molar-refractivity contribution in [2.24, 2.45) is 0 Å². The lowest BCUT2D eigenvalue weighted by molar-refractivity contribution is -0.132. The molecule has 0 bridgehead atoms. The maximum absolute atomic E-state index is 13.0. The molecule has 1 N–H and O–H groups in total. The van der Waals surface area contributed by atoms with Gasteiger partial charge in [0.25, 0.3) is 5.56 Å². The van der Waals surface area contributed by atoms with Crippen LogP contribution in [-0.4, -0.2) is 40.1 Å². The molecule has 2 heterocycles. The zero-order valence-electron chi connectivity index (χ0n) is 17.0. The van der Waals surface area contributed by atoms with Crippen molar-refractivity contribution in [3.05, 3.63) is 69.2 Å². The Balaban J connectivity index is 1.46. The maximum atomic E-state index is 13.0. The average molecular weight is 424 g/mol. The van der Waals surface area contributed by atoms with E-state index in [-0.39, 0.29) is 30.5 Å². The van der Waals surface area contributed by atoms with Gasteiger partial charge in [0.1, 0.15) is 5.75 Å². The summed E-state index contributed by atoms with van der Waals surface area (Å²) in [5.74, 6) is 0.892. The summed E-state index contributed by atoms with van der Waals surface area (Å²) in [6.45, 7) is 1.03. The number of likely N-dealkylation sites (tertiary alicyclic amines) is 1. The Kier molecular flexibility index (Phi) is 5.99. The minimum atomic E-state index is -0.156. The van der Waals surface area contributed by atoms with Crippen molar-refractivity contribution in [1.82, 2.24) is 14.5 Å². The van der Waals surface area contributed by atoms with Crippen molar-refractivity contribution < 1.29 is 9.53 Å². The van der Waals surface area contributed by atoms with Gasteiger partial charge in [0.15, 0.2) is 4.77 Å². The minimum absolute atomic E-state index is 0.0647. The largest absolute Gasteiger partial charge is 0.497 e. The number of carbonyl (C=O) groups excluding carboxylic acids is 1. The lowest BCUT2D eigenvalue weighted by Gasteiger charge is -2.25. The molecule has 1 atom stereocenters. The molecule has 4 rings (SSSR count). The van der Waals surface area contributed by atoms with E-state index < -0.39 is 0 Å². The molecule has 1 amide bonds. The molecule has 0 aliphatic carbocycles. The standard InChI is InChI=1S/C23H25N3O3S/c1-29-18-8-4-6-16(15-18)14-17-7-5-12-25(17)21(27)11-13-26-22(28)19-9-2-3-10-20(19)24-23(26)30/h2-4,6,8-10,15,17H,5,7,11-14H2,1H3,(H,24,30). The van der Waals surface area contributed by atoms with Crippen molar-refractivity contribution in [3.8, 4) is 5.75 Å². The number of nitrogens with zero attached hydrogens (tertiary/aromatic N) is 2. The van der Waals surface area contributed by atoms with E-state index in [1.807, 2.05) is 41.3 Å². The predicted molar refractivity (Wildman–Crippen MR) is 119 cm³/mol. The fourth-order valence-electron chi connectivity index (χ4n) is 4.20. The Morgan fingerprint density at radius 1 is 1.23 bits per heavy atom. The van der Waals surface area contributed by atoms with Crippen molar-refractivity contribution in [2.75, 3.05) is 13.7 Å². The van der Waals surface area contributed by atoms with Crippen LogP contribution in [0.15, 0.2) is 53.3 Å². The molecule has 1 unspecified atom stereocenters. The highest BCUT2D eigenvalue weighted by molar-refractivity contribution is 7.71. The van der Waals surface area contributed by atoms with Crippen LogP contribution in [0.5, 0.6) is 5.75 Å². The van der Waals surface area contributed by atoms with Gasteiger partial charge in [-0.3, -0.25) is 14.2 Å². The van der Waals surface area contributed by atoms with Crippen molar-refractivity contribution in [2.45, 2.75) is 38.3 Å². The van der Waals surface area contributed by atoms with Crippen molar-refractivity contribution >= 4 is 29.0 Å². The van der Waals surface area contributed by atoms with Crippen LogP contribution < -0.4 is 10.3 Å². The first-order chi connectivity index (χ1) is 14.6. The maximum Gasteiger partial charge on any atom is 0.262 e. The third-order valence-electron chi connectivity index (χ3n) is 5.74. The number of H-pyrrole nitrogens is 1. The first-order valence-electron chi connectivity index (χ1n) is 10.2. The third kappa shape index (κ3) is 4.16. The van der Waals surface area contributed by atoms with Gasteiger partial charge in [0.05, 0.1) is 18.0 Å². The molecule has 0 spiro atoms. The molecular weight excluding hydrogens is 398 g/mol. The summed E-state index contributed by atoms with van der Waals surface area (Å²) in [4.78, 5) is 30.8. The van der Waals surface area contributed by atoms with Gasteiger partial charge in [-0.05, 0) is 61.3 Å². The number of aromatic nitrogens is 2. The van der Waals surface area contributed by atoms with Crippen LogP contribution in [-0.2, 0) is 17.8 Å². The molecule has 156 valence electrons. The summed E-state index contributed by atoms with van der Waals surface area (Å²) in [6, 6.07) is 15.4. The van der Waals surface area contributed by atoms with Gasteiger partial charge < -0.3 is 14.6 Å². The second-order valence-corrected chi connectivity index (χ2v) is 8.01. The molecule has 6 nitrogen and oxygen atoms in total. The fraction of sp³-hybridized carbons (Fsp3) is 0.348. The van der Waals surface area contributed by atoms with E-state index in [9.17, 15) is 9.59 Å². The number of amides is 1. The molecule has 1 aromatic heterocycles. The number of carbonyl (C=O) groups is 1. The summed E-state index contributed by atoms with van der Waals surface area (Å²) in [5, 5.41) is 0.579. The fourth-order valence-corrected chi connectivity index (χ4v) is 4.48. The van der Waals surface area contributed by atoms with Crippen molar-refractivity contribution in [3.63, 3.8) is 0 Å². The lowest BCUT2D eigenvalue weighted by atomic mass is 10.0. The number of para-hydroxylation sites is 1. The van der Waals surface area contributed by atoms with Gasteiger partial charge >= 0.3 is 0 Å². The number of benzene rings is 2. The Bertz CT molecular complexity index is 1180. The van der Waals surface area contributed by atoms with E-state index in [4.69, 9.17) is 17.0 Å². The molecule has 3 aromatic rings. The Morgan fingerprint density at radius 3 is 2.90 bits per heavy atom. The smallest absolute Gasteiger partial charge is 0.262 e. The lowest BCUT2D eigenvalue weighted by Crippen LogP contribution is -2.37. The third-order valence-corrected chi connectivity index (χ3v) is 6.06. The number of fused-ring (bicyclic) bond motifs is 1. The molecule has 1 fully saturated rings. The molecule has 1 aliphatic rings. The summed E-state index contributed by atoms with van der Waals surface area (Å²) in [6.07, 6.45) is 3.04. The molecule has 0 radical (unpaired) electrons. The number of nitrogens with one attached hydrogen (secondary N) is 1. The summed E-state index contributed by atoms with van der Waals surface area (Å²) >= 11 is 5.36. The van der Waals surface area contributed by atoms with Crippen LogP contribution in [0.25, 0.3) is 10.9 Å². The Hall–Kier alpha value is -2.93. The molecule has 7 heteroatoms. The quantitative estimate of drug-likeness (QED) is 0.614. The van der Waals surface area contributed by atoms with Crippen LogP contribution in [0.4, 0.5) is 0 Å². The first-order valence-corrected chi connectivity index (χ1v) is 10.6. The van der Waals surface area contributed by atoms with Gasteiger partial charge in [-0.25, -0.2) is 0 Å². The molecular formula is C23H25N3O3S. The van der Waals surface area contributed by atoms with E-state index in [1.165, 1.54) is 4.57 Å². The van der Waals surface area contributed by atoms with Gasteiger partial charge in [-0.2, -0.15) is 0 Å². The second-order valence-electron chi connectivity index (χ2n) is 7.62. The van der Waals surface area contributed by atoms with E-state index in [1.54, 1.807) is 13.2 Å². The zero-order chi connectivity index (χ0) is 21.1. The topological polar surface area (TPSA) is 67.3 Å². The predicted octanol–water partition coefficient (Wildman–Crippen LogP) is 3.69. The normalized spacial score (nSPS) is 16.2. The molecule has 0 saturated carbocycles. The van der Waals surface area contributed by atoms with E-state index >= 15 is 0 Å². The number of rotatable bonds is 6. The van der Waals surface area contributed by atoms with E-state index in [0.717, 1.165) is 37.1 Å². The SMILES string of the molecule is COc1cccc(CC2CCCN2C(=O)CCn2c(=S)[nH]c3ccccc3c2=O)c1. The summed E-state index contributed by atoms with van der Waals surface area (Å²) in [5.41, 5.74) is 1.72. The summed E-state index contributed by atoms with van der Waals surface area (Å²) in [7, 11) is 1.66. The molecule has 1 saturated heterocycles. The second kappa shape index (κ2) is 8.83. The first kappa shape index (κ1) is 20.3. The Morgan fingerprint density at radius 2 is 2.07 bits per heavy atom. The highest BCUT2D eigenvalue weighted by Crippen LogP contribution is 2.24. The highest BCUT2D eigenvalue weighted by Gasteiger charge is 2.28. The molecule has 30 heavy (non-hydrogen) atoms. The number of hydrogen-bond acceptors (Lipinski definition) is 4. The van der Waals surface area contributed by atoms with Gasteiger partial charge in [0, 0.05) is 25.6 Å². The van der Waals surface area contributed by atoms with Crippen LogP contribution in [0.1, 0.15) is 24.8 Å². The number of methoxy groups -OCH3 is 1. The molecule has 2 aromatic carbocycles.